The first-order chi connectivity index (χ1) is 7.74. The summed E-state index contributed by atoms with van der Waals surface area (Å²) in [4.78, 5) is -0.0526. The monoisotopic (exact) mass is 342 g/mol. The molecule has 8 heteroatoms. The van der Waals surface area contributed by atoms with Crippen LogP contribution < -0.4 is 10.5 Å². The number of nitrogen functional groups attached to an aromatic ring is 1. The van der Waals surface area contributed by atoms with E-state index in [1.807, 2.05) is 0 Å². The Labute approximate surface area is 113 Å². The van der Waals surface area contributed by atoms with Gasteiger partial charge in [-0.2, -0.15) is 0 Å². The summed E-state index contributed by atoms with van der Waals surface area (Å²) in [5, 5.41) is 9.28. The van der Waals surface area contributed by atoms with Crippen molar-refractivity contribution < 1.29 is 13.5 Å². The van der Waals surface area contributed by atoms with Gasteiger partial charge in [0.05, 0.1) is 15.5 Å². The number of halogens is 2. The predicted molar refractivity (Wildman–Crippen MR) is 70.4 cm³/mol. The Morgan fingerprint density at radius 3 is 2.71 bits per heavy atom. The molecule has 5 nitrogen and oxygen atoms in total. The van der Waals surface area contributed by atoms with Crippen LogP contribution in [0.4, 0.5) is 5.69 Å². The Morgan fingerprint density at radius 1 is 1.59 bits per heavy atom. The Bertz CT molecular complexity index is 519. The van der Waals surface area contributed by atoms with Gasteiger partial charge in [-0.1, -0.05) is 11.6 Å². The van der Waals surface area contributed by atoms with Crippen LogP contribution in [0.1, 0.15) is 6.92 Å². The lowest BCUT2D eigenvalue weighted by atomic mass is 10.3. The van der Waals surface area contributed by atoms with Crippen molar-refractivity contribution in [3.8, 4) is 0 Å². The molecule has 96 valence electrons. The maximum Gasteiger partial charge on any atom is 0.241 e. The molecule has 0 aliphatic carbocycles. The zero-order valence-electron chi connectivity index (χ0n) is 8.94. The van der Waals surface area contributed by atoms with Crippen molar-refractivity contribution in [3.63, 3.8) is 0 Å². The van der Waals surface area contributed by atoms with E-state index < -0.39 is 16.1 Å². The van der Waals surface area contributed by atoms with Gasteiger partial charge in [-0.25, -0.2) is 13.1 Å². The van der Waals surface area contributed by atoms with Gasteiger partial charge < -0.3 is 10.8 Å². The first-order valence-electron chi connectivity index (χ1n) is 4.66. The SMILES string of the molecule is CC(O)CNS(=O)(=O)c1cc(Cl)cc(N)c1Br. The molecule has 1 aromatic carbocycles. The molecule has 0 saturated heterocycles. The molecule has 0 amide bonds. The molecule has 1 unspecified atom stereocenters. The molecule has 1 atom stereocenters. The van der Waals surface area contributed by atoms with Crippen LogP contribution >= 0.6 is 27.5 Å². The van der Waals surface area contributed by atoms with Crippen LogP contribution in [0.3, 0.4) is 0 Å². The summed E-state index contributed by atoms with van der Waals surface area (Å²) in [5.41, 5.74) is 5.83. The Kier molecular flexibility index (Phi) is 4.79. The number of aliphatic hydroxyl groups excluding tert-OH is 1. The van der Waals surface area contributed by atoms with Crippen molar-refractivity contribution in [2.24, 2.45) is 0 Å². The number of anilines is 1. The molecule has 0 bridgehead atoms. The fourth-order valence-corrected chi connectivity index (χ4v) is 3.50. The lowest BCUT2D eigenvalue weighted by Gasteiger charge is -2.11. The number of aliphatic hydroxyl groups is 1. The average Bonchev–Trinajstić information content (AvgIpc) is 2.20. The Balaban J connectivity index is 3.15. The van der Waals surface area contributed by atoms with Gasteiger partial charge in [0.1, 0.15) is 0 Å². The number of nitrogens with one attached hydrogen (secondary N) is 1. The van der Waals surface area contributed by atoms with E-state index in [0.717, 1.165) is 0 Å². The maximum absolute atomic E-state index is 11.9. The van der Waals surface area contributed by atoms with E-state index >= 15 is 0 Å². The minimum atomic E-state index is -3.75. The molecule has 0 fully saturated rings. The van der Waals surface area contributed by atoms with Crippen LogP contribution in [0.5, 0.6) is 0 Å². The highest BCUT2D eigenvalue weighted by molar-refractivity contribution is 9.10. The maximum atomic E-state index is 11.9. The molecule has 1 aromatic rings. The zero-order chi connectivity index (χ0) is 13.2. The lowest BCUT2D eigenvalue weighted by Crippen LogP contribution is -2.31. The molecule has 0 heterocycles. The predicted octanol–water partition coefficient (Wildman–Crippen LogP) is 1.34. The molecule has 0 aliphatic rings. The molecule has 0 radical (unpaired) electrons. The van der Waals surface area contributed by atoms with Crippen molar-refractivity contribution in [3.05, 3.63) is 21.6 Å². The number of sulfonamides is 1. The summed E-state index contributed by atoms with van der Waals surface area (Å²) >= 11 is 8.84. The molecule has 4 N–H and O–H groups in total. The van der Waals surface area contributed by atoms with Gasteiger partial charge in [-0.15, -0.1) is 0 Å². The van der Waals surface area contributed by atoms with Gasteiger partial charge in [-0.05, 0) is 35.0 Å². The van der Waals surface area contributed by atoms with Crippen molar-refractivity contribution in [2.45, 2.75) is 17.9 Å². The molecular weight excluding hydrogens is 332 g/mol. The van der Waals surface area contributed by atoms with E-state index in [4.69, 9.17) is 22.4 Å². The first-order valence-corrected chi connectivity index (χ1v) is 7.31. The lowest BCUT2D eigenvalue weighted by molar-refractivity contribution is 0.198. The van der Waals surface area contributed by atoms with Crippen LogP contribution in [0, 0.1) is 0 Å². The van der Waals surface area contributed by atoms with Gasteiger partial charge >= 0.3 is 0 Å². The molecule has 0 saturated carbocycles. The zero-order valence-corrected chi connectivity index (χ0v) is 12.1. The van der Waals surface area contributed by atoms with Gasteiger partial charge in [0.25, 0.3) is 0 Å². The number of benzene rings is 1. The van der Waals surface area contributed by atoms with E-state index in [0.29, 0.717) is 0 Å². The van der Waals surface area contributed by atoms with Crippen molar-refractivity contribution in [1.29, 1.82) is 0 Å². The smallest absolute Gasteiger partial charge is 0.241 e. The standard InChI is InChI=1S/C9H12BrClN2O3S/c1-5(14)4-13-17(15,16)8-3-6(11)2-7(12)9(8)10/h2-3,5,13-14H,4,12H2,1H3. The van der Waals surface area contributed by atoms with E-state index in [-0.39, 0.29) is 26.6 Å². The second-order valence-corrected chi connectivity index (χ2v) is 6.47. The molecular formula is C9H12BrClN2O3S. The first kappa shape index (κ1) is 14.7. The summed E-state index contributed by atoms with van der Waals surface area (Å²) in [6.07, 6.45) is -0.778. The van der Waals surface area contributed by atoms with Crippen LogP contribution in [0.15, 0.2) is 21.5 Å². The highest BCUT2D eigenvalue weighted by Gasteiger charge is 2.20. The van der Waals surface area contributed by atoms with Crippen molar-refractivity contribution in [2.75, 3.05) is 12.3 Å². The third kappa shape index (κ3) is 3.82. The number of rotatable bonds is 4. The van der Waals surface area contributed by atoms with E-state index in [9.17, 15) is 8.42 Å². The molecule has 1 rings (SSSR count). The van der Waals surface area contributed by atoms with E-state index in [1.165, 1.54) is 19.1 Å². The highest BCUT2D eigenvalue weighted by atomic mass is 79.9. The third-order valence-corrected chi connectivity index (χ3v) is 4.70. The fourth-order valence-electron chi connectivity index (χ4n) is 1.09. The Hall–Kier alpha value is -0.340. The van der Waals surface area contributed by atoms with Gasteiger partial charge in [0.15, 0.2) is 0 Å². The van der Waals surface area contributed by atoms with Gasteiger partial charge in [-0.3, -0.25) is 0 Å². The van der Waals surface area contributed by atoms with Gasteiger partial charge in [0, 0.05) is 17.3 Å². The van der Waals surface area contributed by atoms with Crippen LogP contribution in [0.2, 0.25) is 5.02 Å². The second-order valence-electron chi connectivity index (χ2n) is 3.51. The van der Waals surface area contributed by atoms with E-state index in [2.05, 4.69) is 20.7 Å². The summed E-state index contributed by atoms with van der Waals surface area (Å²) in [7, 11) is -3.75. The van der Waals surface area contributed by atoms with Crippen LogP contribution in [-0.2, 0) is 10.0 Å². The third-order valence-electron chi connectivity index (χ3n) is 1.89. The molecule has 0 aromatic heterocycles. The van der Waals surface area contributed by atoms with Crippen LogP contribution in [0.25, 0.3) is 0 Å². The quantitative estimate of drug-likeness (QED) is 0.719. The summed E-state index contributed by atoms with van der Waals surface area (Å²) < 4.78 is 26.3. The molecule has 17 heavy (non-hydrogen) atoms. The normalized spacial score (nSPS) is 13.6. The number of nitrogens with two attached hydrogens (primary N) is 1. The summed E-state index contributed by atoms with van der Waals surface area (Å²) in [5.74, 6) is 0. The minimum absolute atomic E-state index is 0.0526. The topological polar surface area (TPSA) is 92.4 Å². The fraction of sp³-hybridized carbons (Fsp3) is 0.333. The summed E-state index contributed by atoms with van der Waals surface area (Å²) in [6, 6.07) is 2.73. The average molecular weight is 344 g/mol. The highest BCUT2D eigenvalue weighted by Crippen LogP contribution is 2.31. The minimum Gasteiger partial charge on any atom is -0.398 e. The van der Waals surface area contributed by atoms with Crippen molar-refractivity contribution >= 4 is 43.2 Å². The van der Waals surface area contributed by atoms with E-state index in [1.54, 1.807) is 0 Å². The second kappa shape index (κ2) is 5.53. The van der Waals surface area contributed by atoms with Crippen molar-refractivity contribution in [1.82, 2.24) is 4.72 Å². The summed E-state index contributed by atoms with van der Waals surface area (Å²) in [6.45, 7) is 1.39. The molecule has 0 spiro atoms. The van der Waals surface area contributed by atoms with Crippen LogP contribution in [-0.4, -0.2) is 26.2 Å². The largest absolute Gasteiger partial charge is 0.398 e. The molecule has 0 aliphatic heterocycles. The number of hydrogen-bond acceptors (Lipinski definition) is 4. The van der Waals surface area contributed by atoms with Gasteiger partial charge in [0.2, 0.25) is 10.0 Å². The number of hydrogen-bond donors (Lipinski definition) is 3. The Morgan fingerprint density at radius 2 is 2.18 bits per heavy atom.